The summed E-state index contributed by atoms with van der Waals surface area (Å²) in [4.78, 5) is 26.3. The molecule has 0 radical (unpaired) electrons. The Balaban J connectivity index is 2.84. The fourth-order valence-corrected chi connectivity index (χ4v) is 7.79. The van der Waals surface area contributed by atoms with Gasteiger partial charge in [0, 0.05) is 6.42 Å². The van der Waals surface area contributed by atoms with E-state index < -0.39 is 67.4 Å². The van der Waals surface area contributed by atoms with E-state index in [1.54, 1.807) is 6.08 Å². The number of aliphatic hydroxyl groups excluding tert-OH is 5. The Morgan fingerprint density at radius 2 is 1.04 bits per heavy atom. The molecule has 1 saturated heterocycles. The summed E-state index contributed by atoms with van der Waals surface area (Å²) in [6, 6.07) is -1.05. The molecule has 1 rings (SSSR count). The predicted octanol–water partition coefficient (Wildman–Crippen LogP) is 11.6. The highest BCUT2D eigenvalue weighted by molar-refractivity contribution is 5.80. The van der Waals surface area contributed by atoms with Crippen LogP contribution in [0.5, 0.6) is 0 Å². The molecule has 0 aromatic rings. The van der Waals surface area contributed by atoms with Crippen molar-refractivity contribution in [2.24, 2.45) is 0 Å². The van der Waals surface area contributed by atoms with Gasteiger partial charge in [-0.15, -0.1) is 0 Å². The highest BCUT2D eigenvalue weighted by Crippen LogP contribution is 2.26. The number of nitrogens with one attached hydrogen (secondary N) is 1. The molecule has 0 bridgehead atoms. The van der Waals surface area contributed by atoms with E-state index in [4.69, 9.17) is 14.2 Å². The normalized spacial score (nSPS) is 20.6. The van der Waals surface area contributed by atoms with Crippen molar-refractivity contribution in [3.8, 4) is 0 Å². The van der Waals surface area contributed by atoms with Crippen LogP contribution in [0.2, 0.25) is 0 Å². The van der Waals surface area contributed by atoms with Crippen LogP contribution in [0.15, 0.2) is 97.2 Å². The SMILES string of the molecule is CC/C=C/C=C/C=C\C=C/C=C/CCCC(=O)OC1C(OCC(NC(=O)C(O)CCCCCCC/C=C/C=C/CCCCC)C(O)/C=C/CCCCCCCCCCCCC)OC(CO)C(O)C1O. The summed E-state index contributed by atoms with van der Waals surface area (Å²) >= 11 is 0. The van der Waals surface area contributed by atoms with Crippen LogP contribution in [-0.2, 0) is 23.8 Å². The molecule has 1 amide bonds. The summed E-state index contributed by atoms with van der Waals surface area (Å²) < 4.78 is 17.4. The number of esters is 1. The predicted molar refractivity (Wildman–Crippen MR) is 282 cm³/mol. The molecule has 6 N–H and O–H groups in total. The number of amides is 1. The number of hydrogen-bond donors (Lipinski definition) is 6. The molecular formula is C58H97NO10. The molecule has 69 heavy (non-hydrogen) atoms. The van der Waals surface area contributed by atoms with Crippen LogP contribution in [0, 0.1) is 0 Å². The molecule has 0 aromatic heterocycles. The molecule has 0 spiro atoms. The van der Waals surface area contributed by atoms with Gasteiger partial charge >= 0.3 is 5.97 Å². The summed E-state index contributed by atoms with van der Waals surface area (Å²) in [5.74, 6) is -1.29. The molecular weight excluding hydrogens is 871 g/mol. The second-order valence-corrected chi connectivity index (χ2v) is 18.4. The summed E-state index contributed by atoms with van der Waals surface area (Å²) in [6.07, 6.45) is 48.9. The zero-order chi connectivity index (χ0) is 50.4. The van der Waals surface area contributed by atoms with Gasteiger partial charge in [0.05, 0.1) is 25.4 Å². The highest BCUT2D eigenvalue weighted by atomic mass is 16.7. The van der Waals surface area contributed by atoms with Gasteiger partial charge in [0.2, 0.25) is 5.91 Å². The number of carbonyl (C=O) groups excluding carboxylic acids is 2. The first-order chi connectivity index (χ1) is 33.7. The minimum atomic E-state index is -1.65. The van der Waals surface area contributed by atoms with Crippen LogP contribution in [-0.4, -0.2) is 99.6 Å². The van der Waals surface area contributed by atoms with Gasteiger partial charge in [-0.05, 0) is 64.2 Å². The van der Waals surface area contributed by atoms with E-state index in [0.29, 0.717) is 19.3 Å². The maximum absolute atomic E-state index is 13.3. The number of rotatable bonds is 43. The van der Waals surface area contributed by atoms with Gasteiger partial charge < -0.3 is 45.1 Å². The van der Waals surface area contributed by atoms with Crippen LogP contribution in [0.25, 0.3) is 0 Å². The first-order valence-corrected chi connectivity index (χ1v) is 27.1. The smallest absolute Gasteiger partial charge is 0.306 e. The third-order valence-corrected chi connectivity index (χ3v) is 12.1. The molecule has 1 aliphatic rings. The number of hydrogen-bond acceptors (Lipinski definition) is 10. The molecule has 1 fully saturated rings. The first-order valence-electron chi connectivity index (χ1n) is 27.1. The van der Waals surface area contributed by atoms with Crippen LogP contribution in [0.1, 0.15) is 194 Å². The summed E-state index contributed by atoms with van der Waals surface area (Å²) in [5.41, 5.74) is 0. The number of ether oxygens (including phenoxy) is 3. The Labute approximate surface area is 418 Å². The van der Waals surface area contributed by atoms with Gasteiger partial charge in [0.25, 0.3) is 0 Å². The fourth-order valence-electron chi connectivity index (χ4n) is 7.79. The average Bonchev–Trinajstić information content (AvgIpc) is 3.34. The van der Waals surface area contributed by atoms with Crippen molar-refractivity contribution in [2.45, 2.75) is 243 Å². The minimum Gasteiger partial charge on any atom is -0.454 e. The van der Waals surface area contributed by atoms with Crippen LogP contribution >= 0.6 is 0 Å². The second-order valence-electron chi connectivity index (χ2n) is 18.4. The Morgan fingerprint density at radius 1 is 0.580 bits per heavy atom. The van der Waals surface area contributed by atoms with E-state index in [0.717, 1.165) is 70.6 Å². The van der Waals surface area contributed by atoms with Crippen LogP contribution in [0.3, 0.4) is 0 Å². The molecule has 1 heterocycles. The maximum atomic E-state index is 13.3. The van der Waals surface area contributed by atoms with E-state index >= 15 is 0 Å². The molecule has 1 aliphatic heterocycles. The lowest BCUT2D eigenvalue weighted by Crippen LogP contribution is -2.61. The third-order valence-electron chi connectivity index (χ3n) is 12.1. The van der Waals surface area contributed by atoms with Crippen LogP contribution in [0.4, 0.5) is 0 Å². The lowest BCUT2D eigenvalue weighted by atomic mass is 9.99. The fraction of sp³-hybridized carbons (Fsp3) is 0.690. The largest absolute Gasteiger partial charge is 0.454 e. The molecule has 11 heteroatoms. The zero-order valence-electron chi connectivity index (χ0n) is 43.1. The quantitative estimate of drug-likeness (QED) is 0.0149. The van der Waals surface area contributed by atoms with Crippen LogP contribution < -0.4 is 5.32 Å². The lowest BCUT2D eigenvalue weighted by molar-refractivity contribution is -0.305. The van der Waals surface area contributed by atoms with Gasteiger partial charge in [-0.25, -0.2) is 0 Å². The number of allylic oxidation sites excluding steroid dienone is 15. The summed E-state index contributed by atoms with van der Waals surface area (Å²) in [7, 11) is 0. The molecule has 0 aliphatic carbocycles. The summed E-state index contributed by atoms with van der Waals surface area (Å²) in [6.45, 7) is 5.53. The Hall–Kier alpha value is -3.42. The van der Waals surface area contributed by atoms with Crippen molar-refractivity contribution in [2.75, 3.05) is 13.2 Å². The number of unbranched alkanes of at least 4 members (excludes halogenated alkanes) is 20. The van der Waals surface area contributed by atoms with E-state index in [9.17, 15) is 35.1 Å². The van der Waals surface area contributed by atoms with E-state index in [-0.39, 0.29) is 19.4 Å². The highest BCUT2D eigenvalue weighted by Gasteiger charge is 2.47. The molecule has 394 valence electrons. The van der Waals surface area contributed by atoms with Crippen molar-refractivity contribution >= 4 is 11.9 Å². The first kappa shape index (κ1) is 63.6. The lowest BCUT2D eigenvalue weighted by Gasteiger charge is -2.41. The van der Waals surface area contributed by atoms with Crippen molar-refractivity contribution in [1.29, 1.82) is 0 Å². The third kappa shape index (κ3) is 34.5. The molecule has 8 unspecified atom stereocenters. The van der Waals surface area contributed by atoms with E-state index in [1.807, 2.05) is 60.8 Å². The molecule has 0 saturated carbocycles. The number of aliphatic hydroxyl groups is 5. The minimum absolute atomic E-state index is 0.0210. The van der Waals surface area contributed by atoms with Crippen molar-refractivity contribution in [1.82, 2.24) is 5.32 Å². The zero-order valence-corrected chi connectivity index (χ0v) is 43.1. The Morgan fingerprint density at radius 3 is 1.61 bits per heavy atom. The average molecular weight is 968 g/mol. The number of carbonyl (C=O) groups is 2. The Kier molecular flexibility index (Phi) is 42.1. The van der Waals surface area contributed by atoms with Gasteiger partial charge in [0.1, 0.15) is 24.4 Å². The van der Waals surface area contributed by atoms with Crippen molar-refractivity contribution in [3.05, 3.63) is 97.2 Å². The van der Waals surface area contributed by atoms with Crippen molar-refractivity contribution in [3.63, 3.8) is 0 Å². The van der Waals surface area contributed by atoms with E-state index in [1.165, 1.54) is 70.6 Å². The van der Waals surface area contributed by atoms with E-state index in [2.05, 4.69) is 56.5 Å². The van der Waals surface area contributed by atoms with Crippen molar-refractivity contribution < 1.29 is 49.3 Å². The van der Waals surface area contributed by atoms with Gasteiger partial charge in [-0.3, -0.25) is 9.59 Å². The second kappa shape index (κ2) is 45.7. The molecule has 11 nitrogen and oxygen atoms in total. The topological polar surface area (TPSA) is 175 Å². The van der Waals surface area contributed by atoms with Gasteiger partial charge in [-0.1, -0.05) is 221 Å². The maximum Gasteiger partial charge on any atom is 0.306 e. The standard InChI is InChI=1S/C58H97NO10/c1-4-7-10-13-16-19-22-25-28-30-33-36-39-42-45-51(62)57(66)59-49(50(61)44-41-38-35-32-29-26-23-20-17-14-11-8-5-2)48-67-58-56(55(65)54(64)52(47-60)68-58)69-53(63)46-43-40-37-34-31-27-24-21-18-15-12-9-6-3/h9,12,15-16,18-19,21-22,24-25,27,31,34,37,41,44,49-52,54-56,58,60-62,64-65H,4-8,10-11,13-14,17,20,23,26,28-30,32-33,35-36,38-40,42-43,45-48H2,1-3H3,(H,59,66)/b12-9+,18-15+,19-16+,24-21-,25-22+,31-27-,37-34+,44-41+. The monoisotopic (exact) mass is 968 g/mol. The van der Waals surface area contributed by atoms with Gasteiger partial charge in [-0.2, -0.15) is 0 Å². The summed E-state index contributed by atoms with van der Waals surface area (Å²) in [5, 5.41) is 56.6. The molecule has 8 atom stereocenters. The molecule has 0 aromatic carbocycles. The Bertz CT molecular complexity index is 1480. The van der Waals surface area contributed by atoms with Gasteiger partial charge in [0.15, 0.2) is 12.4 Å².